The molecule has 0 fully saturated rings. The van der Waals surface area contributed by atoms with E-state index >= 15 is 0 Å². The van der Waals surface area contributed by atoms with Gasteiger partial charge >= 0.3 is 5.97 Å². The van der Waals surface area contributed by atoms with Gasteiger partial charge in [-0.1, -0.05) is 0 Å². The number of nitrogens with zero attached hydrogens (tertiary/aromatic N) is 2. The van der Waals surface area contributed by atoms with Crippen LogP contribution in [0.3, 0.4) is 0 Å². The fourth-order valence-corrected chi connectivity index (χ4v) is 1.81. The third-order valence-electron chi connectivity index (χ3n) is 1.84. The average molecular weight is 257 g/mol. The summed E-state index contributed by atoms with van der Waals surface area (Å²) in [7, 11) is 4.94. The van der Waals surface area contributed by atoms with Gasteiger partial charge in [0.2, 0.25) is 5.91 Å². The molecular weight excluding hydrogens is 242 g/mol. The topological polar surface area (TPSA) is 71.5 Å². The van der Waals surface area contributed by atoms with E-state index in [1.54, 1.807) is 10.3 Å². The number of aromatic nitrogens is 1. The SMILES string of the molecule is COC(=O)c1csc(CNC(=O)CN(C)C)n1. The second-order valence-corrected chi connectivity index (χ2v) is 4.58. The molecule has 0 aliphatic rings. The summed E-state index contributed by atoms with van der Waals surface area (Å²) in [6.45, 7) is 0.656. The Morgan fingerprint density at radius 3 is 2.82 bits per heavy atom. The van der Waals surface area contributed by atoms with Gasteiger partial charge in [0, 0.05) is 5.38 Å². The number of amides is 1. The molecule has 0 aliphatic heterocycles. The third kappa shape index (κ3) is 4.49. The quantitative estimate of drug-likeness (QED) is 0.758. The van der Waals surface area contributed by atoms with E-state index in [1.165, 1.54) is 18.4 Å². The molecule has 1 N–H and O–H groups in total. The molecule has 7 heteroatoms. The normalized spacial score (nSPS) is 10.4. The first-order chi connectivity index (χ1) is 8.02. The molecule has 0 bridgehead atoms. The van der Waals surface area contributed by atoms with Crippen LogP contribution in [0.4, 0.5) is 0 Å². The predicted molar refractivity (Wildman–Crippen MR) is 63.9 cm³/mol. The number of hydrogen-bond acceptors (Lipinski definition) is 6. The fraction of sp³-hybridized carbons (Fsp3) is 0.500. The van der Waals surface area contributed by atoms with E-state index in [9.17, 15) is 9.59 Å². The van der Waals surface area contributed by atoms with Crippen LogP contribution in [0.15, 0.2) is 5.38 Å². The predicted octanol–water partition coefficient (Wildman–Crippen LogP) is 0.107. The minimum atomic E-state index is -0.466. The molecule has 1 heterocycles. The largest absolute Gasteiger partial charge is 0.464 e. The van der Waals surface area contributed by atoms with E-state index in [1.807, 2.05) is 14.1 Å². The molecule has 1 aromatic rings. The van der Waals surface area contributed by atoms with Crippen LogP contribution in [-0.4, -0.2) is 49.5 Å². The Morgan fingerprint density at radius 1 is 1.53 bits per heavy atom. The summed E-state index contributed by atoms with van der Waals surface area (Å²) in [4.78, 5) is 28.3. The molecule has 0 radical (unpaired) electrons. The molecule has 0 aliphatic carbocycles. The van der Waals surface area contributed by atoms with Gasteiger partial charge in [-0.05, 0) is 14.1 Å². The lowest BCUT2D eigenvalue weighted by Crippen LogP contribution is -2.32. The molecule has 0 saturated carbocycles. The van der Waals surface area contributed by atoms with Crippen molar-refractivity contribution in [2.75, 3.05) is 27.7 Å². The summed E-state index contributed by atoms with van der Waals surface area (Å²) < 4.78 is 4.54. The highest BCUT2D eigenvalue weighted by Crippen LogP contribution is 2.10. The van der Waals surface area contributed by atoms with Crippen molar-refractivity contribution in [1.29, 1.82) is 0 Å². The van der Waals surface area contributed by atoms with Crippen molar-refractivity contribution in [3.63, 3.8) is 0 Å². The summed E-state index contributed by atoms with van der Waals surface area (Å²) >= 11 is 1.31. The lowest BCUT2D eigenvalue weighted by atomic mass is 10.5. The van der Waals surface area contributed by atoms with E-state index in [0.29, 0.717) is 18.1 Å². The summed E-state index contributed by atoms with van der Waals surface area (Å²) in [5.41, 5.74) is 0.273. The third-order valence-corrected chi connectivity index (χ3v) is 2.69. The second kappa shape index (κ2) is 6.31. The summed E-state index contributed by atoms with van der Waals surface area (Å²) in [6.07, 6.45) is 0. The molecule has 0 saturated heterocycles. The standard InChI is InChI=1S/C10H15N3O3S/c1-13(2)5-8(14)11-4-9-12-7(6-17-9)10(15)16-3/h6H,4-5H2,1-3H3,(H,11,14). The van der Waals surface area contributed by atoms with E-state index < -0.39 is 5.97 Å². The highest BCUT2D eigenvalue weighted by molar-refractivity contribution is 7.09. The van der Waals surface area contributed by atoms with Crippen molar-refractivity contribution in [2.24, 2.45) is 0 Å². The second-order valence-electron chi connectivity index (χ2n) is 3.63. The number of carbonyl (C=O) groups is 2. The van der Waals surface area contributed by atoms with Crippen LogP contribution in [0.25, 0.3) is 0 Å². The van der Waals surface area contributed by atoms with Crippen molar-refractivity contribution >= 4 is 23.2 Å². The Morgan fingerprint density at radius 2 is 2.24 bits per heavy atom. The molecule has 0 atom stereocenters. The molecule has 0 aromatic carbocycles. The molecule has 94 valence electrons. The molecular formula is C10H15N3O3S. The number of thiazole rings is 1. The Hall–Kier alpha value is -1.47. The first kappa shape index (κ1) is 13.6. The van der Waals surface area contributed by atoms with Crippen LogP contribution in [0.5, 0.6) is 0 Å². The van der Waals surface area contributed by atoms with Crippen LogP contribution in [-0.2, 0) is 16.1 Å². The average Bonchev–Trinajstić information content (AvgIpc) is 2.73. The maximum atomic E-state index is 11.4. The van der Waals surface area contributed by atoms with Crippen LogP contribution >= 0.6 is 11.3 Å². The molecule has 17 heavy (non-hydrogen) atoms. The Labute approximate surface area is 104 Å². The maximum Gasteiger partial charge on any atom is 0.357 e. The van der Waals surface area contributed by atoms with Gasteiger partial charge in [0.05, 0.1) is 20.2 Å². The zero-order valence-electron chi connectivity index (χ0n) is 10.0. The van der Waals surface area contributed by atoms with E-state index in [2.05, 4.69) is 15.0 Å². The van der Waals surface area contributed by atoms with Gasteiger partial charge in [-0.3, -0.25) is 4.79 Å². The van der Waals surface area contributed by atoms with Crippen molar-refractivity contribution in [1.82, 2.24) is 15.2 Å². The van der Waals surface area contributed by atoms with Crippen LogP contribution in [0.2, 0.25) is 0 Å². The molecule has 0 unspecified atom stereocenters. The van der Waals surface area contributed by atoms with E-state index in [0.717, 1.165) is 0 Å². The summed E-state index contributed by atoms with van der Waals surface area (Å²) in [6, 6.07) is 0. The number of likely N-dealkylation sites (N-methyl/N-ethyl adjacent to an activating group) is 1. The fourth-order valence-electron chi connectivity index (χ4n) is 1.11. The van der Waals surface area contributed by atoms with Crippen molar-refractivity contribution in [2.45, 2.75) is 6.54 Å². The maximum absolute atomic E-state index is 11.4. The first-order valence-electron chi connectivity index (χ1n) is 4.97. The Balaban J connectivity index is 2.45. The van der Waals surface area contributed by atoms with Gasteiger partial charge in [-0.25, -0.2) is 9.78 Å². The molecule has 1 rings (SSSR count). The van der Waals surface area contributed by atoms with Gasteiger partial charge in [-0.15, -0.1) is 11.3 Å². The van der Waals surface area contributed by atoms with Crippen molar-refractivity contribution in [3.05, 3.63) is 16.1 Å². The molecule has 0 spiro atoms. The van der Waals surface area contributed by atoms with Crippen molar-refractivity contribution in [3.8, 4) is 0 Å². The molecule has 6 nitrogen and oxygen atoms in total. The van der Waals surface area contributed by atoms with Gasteiger partial charge in [0.25, 0.3) is 0 Å². The van der Waals surface area contributed by atoms with Gasteiger partial charge < -0.3 is 15.0 Å². The number of ether oxygens (including phenoxy) is 1. The highest BCUT2D eigenvalue weighted by atomic mass is 32.1. The summed E-state index contributed by atoms with van der Waals surface area (Å²) in [5, 5.41) is 5.00. The number of nitrogens with one attached hydrogen (secondary N) is 1. The number of carbonyl (C=O) groups excluding carboxylic acids is 2. The lowest BCUT2D eigenvalue weighted by Gasteiger charge is -2.08. The highest BCUT2D eigenvalue weighted by Gasteiger charge is 2.11. The Kier molecular flexibility index (Phi) is 5.05. The van der Waals surface area contributed by atoms with Crippen LogP contribution in [0, 0.1) is 0 Å². The van der Waals surface area contributed by atoms with E-state index in [4.69, 9.17) is 0 Å². The number of esters is 1. The smallest absolute Gasteiger partial charge is 0.357 e. The molecule has 1 amide bonds. The van der Waals surface area contributed by atoms with Gasteiger partial charge in [0.1, 0.15) is 5.01 Å². The van der Waals surface area contributed by atoms with Crippen LogP contribution in [0.1, 0.15) is 15.5 Å². The Bertz CT molecular complexity index is 403. The monoisotopic (exact) mass is 257 g/mol. The molecule has 1 aromatic heterocycles. The van der Waals surface area contributed by atoms with E-state index in [-0.39, 0.29) is 11.6 Å². The number of hydrogen-bond donors (Lipinski definition) is 1. The van der Waals surface area contributed by atoms with Crippen molar-refractivity contribution < 1.29 is 14.3 Å². The van der Waals surface area contributed by atoms with Crippen LogP contribution < -0.4 is 5.32 Å². The lowest BCUT2D eigenvalue weighted by molar-refractivity contribution is -0.121. The van der Waals surface area contributed by atoms with Gasteiger partial charge in [0.15, 0.2) is 5.69 Å². The minimum Gasteiger partial charge on any atom is -0.464 e. The zero-order valence-corrected chi connectivity index (χ0v) is 10.8. The zero-order chi connectivity index (χ0) is 12.8. The number of rotatable bonds is 5. The summed E-state index contributed by atoms with van der Waals surface area (Å²) in [5.74, 6) is -0.545. The van der Waals surface area contributed by atoms with Gasteiger partial charge in [-0.2, -0.15) is 0 Å². The number of methoxy groups -OCH3 is 1. The first-order valence-corrected chi connectivity index (χ1v) is 5.85. The minimum absolute atomic E-state index is 0.0789.